The smallest absolute Gasteiger partial charge is 0.352 e. The Morgan fingerprint density at radius 2 is 1.88 bits per heavy atom. The summed E-state index contributed by atoms with van der Waals surface area (Å²) in [6.07, 6.45) is -0.737. The van der Waals surface area contributed by atoms with Crippen LogP contribution in [0.1, 0.15) is 23.5 Å². The summed E-state index contributed by atoms with van der Waals surface area (Å²) in [4.78, 5) is 14.1. The largest absolute Gasteiger partial charge is 0.433 e. The van der Waals surface area contributed by atoms with Gasteiger partial charge in [-0.2, -0.15) is 13.2 Å². The van der Waals surface area contributed by atoms with Crippen molar-refractivity contribution in [2.24, 2.45) is 0 Å². The monoisotopic (exact) mass is 494 g/mol. The normalized spacial score (nSPS) is 19.1. The molecule has 1 unspecified atom stereocenters. The molecule has 33 heavy (non-hydrogen) atoms. The molecule has 1 atom stereocenters. The average Bonchev–Trinajstić information content (AvgIpc) is 3.52. The quantitative estimate of drug-likeness (QED) is 0.386. The fraction of sp³-hybridized carbons (Fsp3) is 0.316. The average molecular weight is 495 g/mol. The fourth-order valence-corrected chi connectivity index (χ4v) is 4.92. The molecular formula is C19H14F4N8S2. The lowest BCUT2D eigenvalue weighted by Gasteiger charge is -2.36. The van der Waals surface area contributed by atoms with E-state index in [4.69, 9.17) is 0 Å². The van der Waals surface area contributed by atoms with Crippen LogP contribution in [0.25, 0.3) is 21.4 Å². The van der Waals surface area contributed by atoms with Crippen molar-refractivity contribution in [3.8, 4) is 21.4 Å². The molecule has 1 saturated heterocycles. The Kier molecular flexibility index (Phi) is 5.48. The second kappa shape index (κ2) is 8.33. The third-order valence-electron chi connectivity index (χ3n) is 5.03. The molecule has 1 aliphatic heterocycles. The number of nitrogens with zero attached hydrogens (tertiary/aromatic N) is 8. The zero-order valence-electron chi connectivity index (χ0n) is 16.7. The first kappa shape index (κ1) is 21.7. The molecule has 0 saturated carbocycles. The van der Waals surface area contributed by atoms with Crippen molar-refractivity contribution in [3.05, 3.63) is 46.8 Å². The number of aromatic nitrogens is 7. The van der Waals surface area contributed by atoms with Gasteiger partial charge in [0.1, 0.15) is 28.4 Å². The van der Waals surface area contributed by atoms with Crippen molar-refractivity contribution in [2.45, 2.75) is 24.7 Å². The highest BCUT2D eigenvalue weighted by Crippen LogP contribution is 2.40. The summed E-state index contributed by atoms with van der Waals surface area (Å²) in [5.74, 6) is 0.494. The van der Waals surface area contributed by atoms with E-state index in [9.17, 15) is 13.2 Å². The van der Waals surface area contributed by atoms with Gasteiger partial charge in [-0.05, 0) is 25.0 Å². The third kappa shape index (κ3) is 4.39. The first-order chi connectivity index (χ1) is 15.8. The van der Waals surface area contributed by atoms with Crippen LogP contribution in [-0.2, 0) is 11.8 Å². The summed E-state index contributed by atoms with van der Waals surface area (Å²) in [5.41, 5.74) is -0.747. The van der Waals surface area contributed by atoms with Crippen LogP contribution in [0.15, 0.2) is 36.1 Å². The van der Waals surface area contributed by atoms with Crippen molar-refractivity contribution in [1.29, 1.82) is 0 Å². The van der Waals surface area contributed by atoms with Crippen molar-refractivity contribution in [1.82, 2.24) is 35.3 Å². The molecule has 0 amide bonds. The van der Waals surface area contributed by atoms with Crippen LogP contribution in [0.3, 0.4) is 0 Å². The van der Waals surface area contributed by atoms with Gasteiger partial charge in [-0.1, -0.05) is 28.7 Å². The van der Waals surface area contributed by atoms with Gasteiger partial charge in [0.15, 0.2) is 20.7 Å². The molecule has 0 spiro atoms. The Hall–Kier alpha value is -3.13. The van der Waals surface area contributed by atoms with Gasteiger partial charge in [-0.3, -0.25) is 4.98 Å². The highest BCUT2D eigenvalue weighted by Gasteiger charge is 2.41. The lowest BCUT2D eigenvalue weighted by atomic mass is 9.95. The SMILES string of the molecule is FC(F)(F)c1cccc(-c2nnc(C3(F)CCCN(c4cncc(-c5nncs5)n4)C3)s2)n1. The molecule has 0 radical (unpaired) electrons. The maximum Gasteiger partial charge on any atom is 0.433 e. The van der Waals surface area contributed by atoms with E-state index in [1.165, 1.54) is 23.5 Å². The van der Waals surface area contributed by atoms with E-state index in [-0.39, 0.29) is 28.7 Å². The molecule has 5 heterocycles. The predicted molar refractivity (Wildman–Crippen MR) is 113 cm³/mol. The van der Waals surface area contributed by atoms with E-state index in [0.717, 1.165) is 17.4 Å². The van der Waals surface area contributed by atoms with Crippen molar-refractivity contribution in [3.63, 3.8) is 0 Å². The van der Waals surface area contributed by atoms with Gasteiger partial charge >= 0.3 is 6.18 Å². The number of pyridine rings is 1. The molecule has 0 N–H and O–H groups in total. The second-order valence-corrected chi connectivity index (χ2v) is 9.13. The van der Waals surface area contributed by atoms with E-state index in [2.05, 4.69) is 35.3 Å². The first-order valence-corrected chi connectivity index (χ1v) is 11.4. The van der Waals surface area contributed by atoms with E-state index in [1.807, 2.05) is 0 Å². The number of piperidine rings is 1. The number of hydrogen-bond acceptors (Lipinski definition) is 10. The van der Waals surface area contributed by atoms with Crippen molar-refractivity contribution < 1.29 is 17.6 Å². The highest BCUT2D eigenvalue weighted by molar-refractivity contribution is 7.14. The number of hydrogen-bond donors (Lipinski definition) is 0. The molecule has 1 aliphatic rings. The van der Waals surface area contributed by atoms with Crippen molar-refractivity contribution >= 4 is 28.5 Å². The summed E-state index contributed by atoms with van der Waals surface area (Å²) in [5, 5.41) is 16.5. The summed E-state index contributed by atoms with van der Waals surface area (Å²) in [7, 11) is 0. The summed E-state index contributed by atoms with van der Waals surface area (Å²) in [6.45, 7) is 0.534. The highest BCUT2D eigenvalue weighted by atomic mass is 32.1. The molecule has 5 rings (SSSR count). The maximum absolute atomic E-state index is 16.0. The zero-order valence-corrected chi connectivity index (χ0v) is 18.3. The molecule has 4 aromatic rings. The van der Waals surface area contributed by atoms with Crippen LogP contribution in [0.4, 0.5) is 23.4 Å². The summed E-state index contributed by atoms with van der Waals surface area (Å²) >= 11 is 2.22. The predicted octanol–water partition coefficient (Wildman–Crippen LogP) is 4.39. The van der Waals surface area contributed by atoms with Gasteiger partial charge in [-0.25, -0.2) is 14.4 Å². The Balaban J connectivity index is 1.40. The molecule has 0 bridgehead atoms. The number of anilines is 1. The van der Waals surface area contributed by atoms with Gasteiger partial charge in [0.25, 0.3) is 0 Å². The second-order valence-electron chi connectivity index (χ2n) is 7.32. The fourth-order valence-electron chi connectivity index (χ4n) is 3.50. The molecular weight excluding hydrogens is 480 g/mol. The summed E-state index contributed by atoms with van der Waals surface area (Å²) < 4.78 is 55.0. The molecule has 14 heteroatoms. The molecule has 170 valence electrons. The van der Waals surface area contributed by atoms with Crippen LogP contribution < -0.4 is 4.90 Å². The molecule has 0 aliphatic carbocycles. The third-order valence-corrected chi connectivity index (χ3v) is 6.87. The lowest BCUT2D eigenvalue weighted by molar-refractivity contribution is -0.141. The molecule has 0 aromatic carbocycles. The van der Waals surface area contributed by atoms with Crippen LogP contribution >= 0.6 is 22.7 Å². The van der Waals surface area contributed by atoms with Crippen molar-refractivity contribution in [2.75, 3.05) is 18.0 Å². The van der Waals surface area contributed by atoms with Gasteiger partial charge in [0, 0.05) is 6.54 Å². The van der Waals surface area contributed by atoms with Crippen LogP contribution in [0, 0.1) is 0 Å². The molecule has 1 fully saturated rings. The number of rotatable bonds is 4. The van der Waals surface area contributed by atoms with Crippen LogP contribution in [0.2, 0.25) is 0 Å². The van der Waals surface area contributed by atoms with Crippen LogP contribution in [0.5, 0.6) is 0 Å². The topological polar surface area (TPSA) is 93.5 Å². The van der Waals surface area contributed by atoms with Gasteiger partial charge in [0.05, 0.1) is 18.9 Å². The molecule has 8 nitrogen and oxygen atoms in total. The minimum Gasteiger partial charge on any atom is -0.352 e. The minimum absolute atomic E-state index is 0.000431. The van der Waals surface area contributed by atoms with Gasteiger partial charge in [0.2, 0.25) is 0 Å². The molecule has 4 aromatic heterocycles. The minimum atomic E-state index is -4.58. The number of halogens is 4. The van der Waals surface area contributed by atoms with E-state index in [1.54, 1.807) is 22.8 Å². The first-order valence-electron chi connectivity index (χ1n) is 9.73. The van der Waals surface area contributed by atoms with E-state index >= 15 is 4.39 Å². The van der Waals surface area contributed by atoms with Gasteiger partial charge in [-0.15, -0.1) is 20.4 Å². The Bertz CT molecular complexity index is 1260. The standard InChI is InChI=1S/C19H14F4N8S2/c20-18(17-30-29-16(33-17)11-3-1-4-13(26-11)19(21,22)23)5-2-6-31(9-18)14-8-24-7-12(27-14)15-28-25-10-32-15/h1,3-4,7-8,10H,2,5-6,9H2. The Labute approximate surface area is 192 Å². The van der Waals surface area contributed by atoms with E-state index < -0.39 is 17.5 Å². The van der Waals surface area contributed by atoms with E-state index in [0.29, 0.717) is 29.5 Å². The van der Waals surface area contributed by atoms with Gasteiger partial charge < -0.3 is 4.90 Å². The lowest BCUT2D eigenvalue weighted by Crippen LogP contribution is -2.44. The van der Waals surface area contributed by atoms with Crippen LogP contribution in [-0.4, -0.2) is 48.4 Å². The maximum atomic E-state index is 16.0. The zero-order chi connectivity index (χ0) is 23.1. The summed E-state index contributed by atoms with van der Waals surface area (Å²) in [6, 6.07) is 3.51. The Morgan fingerprint density at radius 3 is 2.67 bits per heavy atom. The Morgan fingerprint density at radius 1 is 1.00 bits per heavy atom. The number of alkyl halides is 4.